The first-order valence-corrected chi connectivity index (χ1v) is 8.23. The fourth-order valence-corrected chi connectivity index (χ4v) is 3.15. The van der Waals surface area contributed by atoms with Crippen LogP contribution >= 0.6 is 0 Å². The third kappa shape index (κ3) is 2.85. The van der Waals surface area contributed by atoms with E-state index < -0.39 is 0 Å². The van der Waals surface area contributed by atoms with Gasteiger partial charge in [0, 0.05) is 30.7 Å². The van der Waals surface area contributed by atoms with Crippen LogP contribution in [0.4, 0.5) is 5.82 Å². The molecule has 0 aromatic carbocycles. The lowest BCUT2D eigenvalue weighted by Gasteiger charge is -2.21. The predicted octanol–water partition coefficient (Wildman–Crippen LogP) is 3.06. The van der Waals surface area contributed by atoms with E-state index in [1.807, 2.05) is 42.6 Å². The highest BCUT2D eigenvalue weighted by molar-refractivity contribution is 5.58. The van der Waals surface area contributed by atoms with Gasteiger partial charge in [0.05, 0.1) is 12.2 Å². The predicted molar refractivity (Wildman–Crippen MR) is 93.6 cm³/mol. The summed E-state index contributed by atoms with van der Waals surface area (Å²) in [6.07, 6.45) is 6.80. The molecule has 0 fully saturated rings. The number of hydrogen-bond acceptors (Lipinski definition) is 5. The average molecular weight is 317 g/mol. The molecule has 120 valence electrons. The minimum Gasteiger partial charge on any atom is -0.353 e. The second-order valence-electron chi connectivity index (χ2n) is 6.04. The number of hydrogen-bond donors (Lipinski definition) is 0. The number of aromatic nitrogens is 4. The summed E-state index contributed by atoms with van der Waals surface area (Å²) in [7, 11) is 2.07. The van der Waals surface area contributed by atoms with Crippen LogP contribution in [0, 0.1) is 0 Å². The molecular weight excluding hydrogens is 298 g/mol. The number of fused-ring (bicyclic) bond motifs is 1. The van der Waals surface area contributed by atoms with Crippen molar-refractivity contribution in [1.29, 1.82) is 0 Å². The standard InChI is InChI=1S/C19H19N5/c1-24(13-14-7-2-4-11-20-14)19-15-8-6-10-16(15)22-18(23-19)17-9-3-5-12-21-17/h2-5,7,9,11-12H,6,8,10,13H2,1H3. The molecule has 4 rings (SSSR count). The molecule has 0 unspecified atom stereocenters. The fourth-order valence-electron chi connectivity index (χ4n) is 3.15. The molecule has 0 aliphatic heterocycles. The van der Waals surface area contributed by atoms with E-state index in [2.05, 4.69) is 21.9 Å². The quantitative estimate of drug-likeness (QED) is 0.740. The third-order valence-corrected chi connectivity index (χ3v) is 4.29. The van der Waals surface area contributed by atoms with Gasteiger partial charge in [0.2, 0.25) is 0 Å². The molecule has 0 bridgehead atoms. The van der Waals surface area contributed by atoms with Gasteiger partial charge in [0.1, 0.15) is 11.5 Å². The van der Waals surface area contributed by atoms with Gasteiger partial charge in [-0.2, -0.15) is 0 Å². The summed E-state index contributed by atoms with van der Waals surface area (Å²) in [5.41, 5.74) is 4.28. The molecule has 24 heavy (non-hydrogen) atoms. The van der Waals surface area contributed by atoms with Crippen LogP contribution in [0.2, 0.25) is 0 Å². The molecule has 3 aromatic rings. The van der Waals surface area contributed by atoms with E-state index in [1.54, 1.807) is 6.20 Å². The molecule has 0 amide bonds. The zero-order valence-corrected chi connectivity index (χ0v) is 13.7. The van der Waals surface area contributed by atoms with Crippen LogP contribution in [0.15, 0.2) is 48.8 Å². The largest absolute Gasteiger partial charge is 0.353 e. The van der Waals surface area contributed by atoms with Gasteiger partial charge in [-0.3, -0.25) is 9.97 Å². The topological polar surface area (TPSA) is 54.8 Å². The normalized spacial score (nSPS) is 12.9. The van der Waals surface area contributed by atoms with Crippen LogP contribution in [0.1, 0.15) is 23.4 Å². The van der Waals surface area contributed by atoms with Crippen LogP contribution in [0.25, 0.3) is 11.5 Å². The van der Waals surface area contributed by atoms with Crippen molar-refractivity contribution in [3.63, 3.8) is 0 Å². The number of rotatable bonds is 4. The van der Waals surface area contributed by atoms with Crippen LogP contribution in [0.5, 0.6) is 0 Å². The zero-order chi connectivity index (χ0) is 16.4. The Morgan fingerprint density at radius 3 is 2.54 bits per heavy atom. The van der Waals surface area contributed by atoms with E-state index in [0.29, 0.717) is 5.82 Å². The number of pyridine rings is 2. The van der Waals surface area contributed by atoms with E-state index in [9.17, 15) is 0 Å². The van der Waals surface area contributed by atoms with Gasteiger partial charge in [-0.1, -0.05) is 12.1 Å². The lowest BCUT2D eigenvalue weighted by molar-refractivity contribution is 0.847. The second-order valence-corrected chi connectivity index (χ2v) is 6.04. The van der Waals surface area contributed by atoms with Gasteiger partial charge >= 0.3 is 0 Å². The van der Waals surface area contributed by atoms with Crippen LogP contribution in [-0.4, -0.2) is 27.0 Å². The summed E-state index contributed by atoms with van der Waals surface area (Å²) in [5, 5.41) is 0. The summed E-state index contributed by atoms with van der Waals surface area (Å²) in [4.78, 5) is 20.6. The Morgan fingerprint density at radius 1 is 0.958 bits per heavy atom. The van der Waals surface area contributed by atoms with Gasteiger partial charge in [-0.05, 0) is 43.5 Å². The van der Waals surface area contributed by atoms with Crippen LogP contribution in [0.3, 0.4) is 0 Å². The van der Waals surface area contributed by atoms with Crippen molar-refractivity contribution in [1.82, 2.24) is 19.9 Å². The summed E-state index contributed by atoms with van der Waals surface area (Å²) in [6, 6.07) is 11.8. The van der Waals surface area contributed by atoms with Crippen molar-refractivity contribution in [2.75, 3.05) is 11.9 Å². The molecule has 0 saturated heterocycles. The maximum atomic E-state index is 4.84. The molecule has 0 radical (unpaired) electrons. The van der Waals surface area contributed by atoms with Gasteiger partial charge in [0.25, 0.3) is 0 Å². The first kappa shape index (κ1) is 14.8. The second kappa shape index (κ2) is 6.35. The summed E-state index contributed by atoms with van der Waals surface area (Å²) >= 11 is 0. The Labute approximate surface area is 141 Å². The van der Waals surface area contributed by atoms with Gasteiger partial charge in [-0.25, -0.2) is 9.97 Å². The number of anilines is 1. The monoisotopic (exact) mass is 317 g/mol. The fraction of sp³-hybridized carbons (Fsp3) is 0.263. The number of nitrogens with zero attached hydrogens (tertiary/aromatic N) is 5. The van der Waals surface area contributed by atoms with E-state index in [4.69, 9.17) is 9.97 Å². The van der Waals surface area contributed by atoms with Crippen molar-refractivity contribution in [3.05, 3.63) is 65.7 Å². The van der Waals surface area contributed by atoms with E-state index in [-0.39, 0.29) is 0 Å². The molecule has 3 heterocycles. The van der Waals surface area contributed by atoms with Crippen molar-refractivity contribution in [2.24, 2.45) is 0 Å². The first-order valence-electron chi connectivity index (χ1n) is 8.23. The van der Waals surface area contributed by atoms with Crippen molar-refractivity contribution in [3.8, 4) is 11.5 Å². The molecule has 3 aromatic heterocycles. The lowest BCUT2D eigenvalue weighted by atomic mass is 10.2. The Bertz CT molecular complexity index is 833. The Kier molecular flexibility index (Phi) is 3.91. The molecule has 5 heteroatoms. The maximum Gasteiger partial charge on any atom is 0.180 e. The average Bonchev–Trinajstić information content (AvgIpc) is 3.11. The Balaban J connectivity index is 1.73. The summed E-state index contributed by atoms with van der Waals surface area (Å²) in [6.45, 7) is 0.728. The Morgan fingerprint density at radius 2 is 1.79 bits per heavy atom. The van der Waals surface area contributed by atoms with Gasteiger partial charge in [0.15, 0.2) is 5.82 Å². The molecule has 0 saturated carbocycles. The third-order valence-electron chi connectivity index (χ3n) is 4.29. The van der Waals surface area contributed by atoms with Crippen LogP contribution in [-0.2, 0) is 19.4 Å². The molecule has 5 nitrogen and oxygen atoms in total. The SMILES string of the molecule is CN(Cc1ccccn1)c1nc(-c2ccccn2)nc2c1CCC2. The van der Waals surface area contributed by atoms with Crippen molar-refractivity contribution >= 4 is 5.82 Å². The van der Waals surface area contributed by atoms with Gasteiger partial charge in [-0.15, -0.1) is 0 Å². The van der Waals surface area contributed by atoms with E-state index in [0.717, 1.165) is 48.7 Å². The molecule has 0 spiro atoms. The van der Waals surface area contributed by atoms with Crippen LogP contribution < -0.4 is 4.90 Å². The Hall–Kier alpha value is -2.82. The smallest absolute Gasteiger partial charge is 0.180 e. The molecular formula is C19H19N5. The molecule has 0 N–H and O–H groups in total. The molecule has 0 atom stereocenters. The summed E-state index contributed by atoms with van der Waals surface area (Å²) in [5.74, 6) is 1.71. The van der Waals surface area contributed by atoms with Crippen molar-refractivity contribution < 1.29 is 0 Å². The first-order chi connectivity index (χ1) is 11.8. The van der Waals surface area contributed by atoms with Crippen molar-refractivity contribution in [2.45, 2.75) is 25.8 Å². The van der Waals surface area contributed by atoms with Gasteiger partial charge < -0.3 is 4.90 Å². The molecule has 1 aliphatic rings. The highest BCUT2D eigenvalue weighted by Crippen LogP contribution is 2.30. The maximum absolute atomic E-state index is 4.84. The minimum atomic E-state index is 0.708. The number of aryl methyl sites for hydroxylation is 1. The lowest BCUT2D eigenvalue weighted by Crippen LogP contribution is -2.21. The zero-order valence-electron chi connectivity index (χ0n) is 13.7. The van der Waals surface area contributed by atoms with E-state index >= 15 is 0 Å². The summed E-state index contributed by atoms with van der Waals surface area (Å²) < 4.78 is 0. The highest BCUT2D eigenvalue weighted by atomic mass is 15.2. The van der Waals surface area contributed by atoms with E-state index in [1.165, 1.54) is 5.56 Å². The highest BCUT2D eigenvalue weighted by Gasteiger charge is 2.22. The minimum absolute atomic E-state index is 0.708. The molecule has 1 aliphatic carbocycles.